The molecule has 0 unspecified atom stereocenters. The van der Waals surface area contributed by atoms with Crippen molar-refractivity contribution in [3.05, 3.63) is 81.2 Å². The molecular formula is C20H17BrN2O3. The highest BCUT2D eigenvalue weighted by Crippen LogP contribution is 2.33. The predicted octanol–water partition coefficient (Wildman–Crippen LogP) is 3.72. The maximum Gasteiger partial charge on any atom is 0.340 e. The zero-order valence-electron chi connectivity index (χ0n) is 14.4. The lowest BCUT2D eigenvalue weighted by Gasteiger charge is -2.17. The Bertz CT molecular complexity index is 920. The van der Waals surface area contributed by atoms with Crippen molar-refractivity contribution in [2.45, 2.75) is 13.5 Å². The van der Waals surface area contributed by atoms with Crippen LogP contribution in [0.2, 0.25) is 0 Å². The maximum atomic E-state index is 13.0. The van der Waals surface area contributed by atoms with Gasteiger partial charge in [0.1, 0.15) is 0 Å². The minimum Gasteiger partial charge on any atom is -0.465 e. The van der Waals surface area contributed by atoms with Crippen LogP contribution in [-0.4, -0.2) is 28.9 Å². The van der Waals surface area contributed by atoms with Gasteiger partial charge in [0.25, 0.3) is 5.91 Å². The number of ether oxygens (including phenoxy) is 1. The smallest absolute Gasteiger partial charge is 0.340 e. The first-order valence-corrected chi connectivity index (χ1v) is 8.78. The van der Waals surface area contributed by atoms with Gasteiger partial charge in [-0.15, -0.1) is 0 Å². The van der Waals surface area contributed by atoms with E-state index in [1.54, 1.807) is 30.3 Å². The van der Waals surface area contributed by atoms with Gasteiger partial charge in [-0.2, -0.15) is 0 Å². The summed E-state index contributed by atoms with van der Waals surface area (Å²) in [6.45, 7) is 2.09. The van der Waals surface area contributed by atoms with E-state index in [0.717, 1.165) is 15.6 Å². The number of amides is 1. The number of halogens is 1. The molecule has 0 saturated carbocycles. The SMILES string of the molecule is COC(=O)C1=C(C)N(Cc2cccnc2)C(=O)/C1=C\c1ccccc1Br. The molecule has 0 radical (unpaired) electrons. The Morgan fingerprint density at radius 2 is 2.04 bits per heavy atom. The number of carbonyl (C=O) groups is 2. The average molecular weight is 413 g/mol. The molecule has 132 valence electrons. The fraction of sp³-hybridized carbons (Fsp3) is 0.150. The van der Waals surface area contributed by atoms with E-state index in [2.05, 4.69) is 20.9 Å². The van der Waals surface area contributed by atoms with Crippen LogP contribution in [-0.2, 0) is 20.9 Å². The first-order chi connectivity index (χ1) is 12.5. The highest BCUT2D eigenvalue weighted by atomic mass is 79.9. The molecule has 1 aliphatic heterocycles. The molecule has 0 bridgehead atoms. The molecule has 0 fully saturated rings. The predicted molar refractivity (Wildman–Crippen MR) is 102 cm³/mol. The van der Waals surface area contributed by atoms with Gasteiger partial charge in [-0.25, -0.2) is 4.79 Å². The Hall–Kier alpha value is -2.73. The molecule has 0 aliphatic carbocycles. The number of carbonyl (C=O) groups excluding carboxylic acids is 2. The van der Waals surface area contributed by atoms with Crippen molar-refractivity contribution < 1.29 is 14.3 Å². The summed E-state index contributed by atoms with van der Waals surface area (Å²) in [7, 11) is 1.31. The number of benzene rings is 1. The quantitative estimate of drug-likeness (QED) is 0.567. The number of pyridine rings is 1. The Morgan fingerprint density at radius 1 is 1.27 bits per heavy atom. The number of esters is 1. The third-order valence-electron chi connectivity index (χ3n) is 4.17. The number of nitrogens with zero attached hydrogens (tertiary/aromatic N) is 2. The van der Waals surface area contributed by atoms with E-state index in [1.807, 2.05) is 36.4 Å². The van der Waals surface area contributed by atoms with Crippen LogP contribution in [0.3, 0.4) is 0 Å². The summed E-state index contributed by atoms with van der Waals surface area (Å²) < 4.78 is 5.75. The molecule has 2 heterocycles. The van der Waals surface area contributed by atoms with Gasteiger partial charge in [-0.05, 0) is 36.3 Å². The molecule has 0 atom stereocenters. The lowest BCUT2D eigenvalue weighted by atomic mass is 10.0. The summed E-state index contributed by atoms with van der Waals surface area (Å²) in [5.41, 5.74) is 2.88. The summed E-state index contributed by atoms with van der Waals surface area (Å²) in [6, 6.07) is 11.2. The second-order valence-corrected chi connectivity index (χ2v) is 6.64. The van der Waals surface area contributed by atoms with Crippen LogP contribution in [0.25, 0.3) is 6.08 Å². The van der Waals surface area contributed by atoms with Crippen molar-refractivity contribution in [1.82, 2.24) is 9.88 Å². The van der Waals surface area contributed by atoms with Crippen molar-refractivity contribution in [2.24, 2.45) is 0 Å². The van der Waals surface area contributed by atoms with Crippen LogP contribution in [0.5, 0.6) is 0 Å². The fourth-order valence-electron chi connectivity index (χ4n) is 2.84. The average Bonchev–Trinajstić information content (AvgIpc) is 2.88. The Labute approximate surface area is 160 Å². The zero-order chi connectivity index (χ0) is 18.7. The standard InChI is InChI=1S/C20H17BrN2O3/c1-13-18(20(25)26-2)16(10-15-7-3-4-8-17(15)21)19(24)23(13)12-14-6-5-9-22-11-14/h3-11H,12H2,1-2H3/b16-10-. The highest BCUT2D eigenvalue weighted by Gasteiger charge is 2.37. The molecule has 1 aromatic heterocycles. The first kappa shape index (κ1) is 18.1. The number of methoxy groups -OCH3 is 1. The van der Waals surface area contributed by atoms with Crippen molar-refractivity contribution in [2.75, 3.05) is 7.11 Å². The van der Waals surface area contributed by atoms with Gasteiger partial charge in [-0.1, -0.05) is 40.2 Å². The Morgan fingerprint density at radius 3 is 2.69 bits per heavy atom. The van der Waals surface area contributed by atoms with Gasteiger partial charge >= 0.3 is 5.97 Å². The van der Waals surface area contributed by atoms with E-state index in [0.29, 0.717) is 17.8 Å². The number of allylic oxidation sites excluding steroid dienone is 1. The topological polar surface area (TPSA) is 59.5 Å². The lowest BCUT2D eigenvalue weighted by Crippen LogP contribution is -2.24. The van der Waals surface area contributed by atoms with E-state index >= 15 is 0 Å². The molecule has 1 amide bonds. The van der Waals surface area contributed by atoms with Crippen LogP contribution in [0.4, 0.5) is 0 Å². The van der Waals surface area contributed by atoms with E-state index in [9.17, 15) is 9.59 Å². The number of hydrogen-bond donors (Lipinski definition) is 0. The molecule has 1 aromatic carbocycles. The van der Waals surface area contributed by atoms with Crippen LogP contribution in [0, 0.1) is 0 Å². The van der Waals surface area contributed by atoms with Crippen molar-refractivity contribution in [1.29, 1.82) is 0 Å². The van der Waals surface area contributed by atoms with E-state index in [1.165, 1.54) is 7.11 Å². The minimum absolute atomic E-state index is 0.234. The van der Waals surface area contributed by atoms with Gasteiger partial charge in [0.05, 0.1) is 24.8 Å². The molecule has 2 aromatic rings. The van der Waals surface area contributed by atoms with Crippen LogP contribution >= 0.6 is 15.9 Å². The van der Waals surface area contributed by atoms with E-state index in [-0.39, 0.29) is 11.5 Å². The summed E-state index contributed by atoms with van der Waals surface area (Å²) >= 11 is 3.47. The maximum absolute atomic E-state index is 13.0. The van der Waals surface area contributed by atoms with Gasteiger partial charge < -0.3 is 9.64 Å². The highest BCUT2D eigenvalue weighted by molar-refractivity contribution is 9.10. The third-order valence-corrected chi connectivity index (χ3v) is 4.89. The Kier molecular flexibility index (Phi) is 5.32. The largest absolute Gasteiger partial charge is 0.465 e. The fourth-order valence-corrected chi connectivity index (χ4v) is 3.24. The molecule has 5 nitrogen and oxygen atoms in total. The van der Waals surface area contributed by atoms with Crippen molar-refractivity contribution in [3.63, 3.8) is 0 Å². The summed E-state index contributed by atoms with van der Waals surface area (Å²) in [4.78, 5) is 31.0. The molecule has 26 heavy (non-hydrogen) atoms. The first-order valence-electron chi connectivity index (χ1n) is 7.99. The van der Waals surface area contributed by atoms with Gasteiger partial charge in [0.2, 0.25) is 0 Å². The van der Waals surface area contributed by atoms with Crippen molar-refractivity contribution in [3.8, 4) is 0 Å². The number of aromatic nitrogens is 1. The lowest BCUT2D eigenvalue weighted by molar-refractivity contribution is -0.136. The third kappa shape index (κ3) is 3.46. The van der Waals surface area contributed by atoms with Gasteiger partial charge in [-0.3, -0.25) is 9.78 Å². The molecule has 0 N–H and O–H groups in total. The molecule has 0 spiro atoms. The van der Waals surface area contributed by atoms with Crippen LogP contribution in [0.1, 0.15) is 18.1 Å². The summed E-state index contributed by atoms with van der Waals surface area (Å²) in [6.07, 6.45) is 5.09. The van der Waals surface area contributed by atoms with E-state index < -0.39 is 5.97 Å². The minimum atomic E-state index is -0.525. The van der Waals surface area contributed by atoms with E-state index in [4.69, 9.17) is 4.74 Å². The normalized spacial score (nSPS) is 15.7. The summed E-state index contributed by atoms with van der Waals surface area (Å²) in [5, 5.41) is 0. The van der Waals surface area contributed by atoms with Gasteiger partial charge in [0.15, 0.2) is 0 Å². The second-order valence-electron chi connectivity index (χ2n) is 5.78. The molecule has 1 aliphatic rings. The number of hydrogen-bond acceptors (Lipinski definition) is 4. The summed E-state index contributed by atoms with van der Waals surface area (Å²) in [5.74, 6) is -0.759. The second kappa shape index (κ2) is 7.66. The van der Waals surface area contributed by atoms with Gasteiger partial charge in [0, 0.05) is 22.6 Å². The Balaban J connectivity index is 2.05. The zero-order valence-corrected chi connectivity index (χ0v) is 16.0. The monoisotopic (exact) mass is 412 g/mol. The van der Waals surface area contributed by atoms with Crippen molar-refractivity contribution >= 4 is 33.9 Å². The van der Waals surface area contributed by atoms with Crippen LogP contribution < -0.4 is 0 Å². The van der Waals surface area contributed by atoms with Crippen LogP contribution in [0.15, 0.2) is 70.1 Å². The molecule has 3 rings (SSSR count). The molecular weight excluding hydrogens is 396 g/mol. The number of rotatable bonds is 4. The molecule has 6 heteroatoms. The molecule has 0 saturated heterocycles.